The topological polar surface area (TPSA) is 99.6 Å². The quantitative estimate of drug-likeness (QED) is 0.265. The standard InChI is InChI=1S/C31H27N3O4S/c1-4-20-13-15-21(16-14-20)26-25(27(36)29-18(2)32-30(39-29)22-9-6-5-7-10-22)28(37)31(38)34(26)24-12-8-11-23(17-24)33-19(3)35/h5-17,26,37H,4H2,1-3H3,(H,33,35). The molecule has 8 heteroatoms. The fourth-order valence-electron chi connectivity index (χ4n) is 4.72. The molecule has 4 aromatic rings. The second kappa shape index (κ2) is 10.7. The van der Waals surface area contributed by atoms with E-state index in [4.69, 9.17) is 0 Å². The number of aryl methyl sites for hydroxylation is 2. The van der Waals surface area contributed by atoms with E-state index in [9.17, 15) is 19.5 Å². The van der Waals surface area contributed by atoms with Gasteiger partial charge in [0.15, 0.2) is 5.76 Å². The number of rotatable bonds is 7. The molecule has 0 bridgehead atoms. The van der Waals surface area contributed by atoms with Gasteiger partial charge in [-0.25, -0.2) is 4.98 Å². The fourth-order valence-corrected chi connectivity index (χ4v) is 5.75. The first-order valence-electron chi connectivity index (χ1n) is 12.6. The highest BCUT2D eigenvalue weighted by atomic mass is 32.1. The van der Waals surface area contributed by atoms with Gasteiger partial charge in [0.2, 0.25) is 11.7 Å². The number of ketones is 1. The number of nitrogens with zero attached hydrogens (tertiary/aromatic N) is 2. The van der Waals surface area contributed by atoms with Crippen molar-refractivity contribution in [1.82, 2.24) is 4.98 Å². The van der Waals surface area contributed by atoms with Gasteiger partial charge in [-0.05, 0) is 42.7 Å². The van der Waals surface area contributed by atoms with E-state index >= 15 is 0 Å². The maximum Gasteiger partial charge on any atom is 0.294 e. The van der Waals surface area contributed by atoms with Crippen LogP contribution in [0.5, 0.6) is 0 Å². The number of aliphatic hydroxyl groups excluding tert-OH is 1. The van der Waals surface area contributed by atoms with Crippen LogP contribution in [0.2, 0.25) is 0 Å². The van der Waals surface area contributed by atoms with Crippen molar-refractivity contribution < 1.29 is 19.5 Å². The van der Waals surface area contributed by atoms with Crippen LogP contribution in [0.15, 0.2) is 90.2 Å². The number of carbonyl (C=O) groups excluding carboxylic acids is 3. The molecule has 39 heavy (non-hydrogen) atoms. The lowest BCUT2D eigenvalue weighted by molar-refractivity contribution is -0.117. The predicted molar refractivity (Wildman–Crippen MR) is 153 cm³/mol. The molecule has 2 heterocycles. The first kappa shape index (κ1) is 26.1. The summed E-state index contributed by atoms with van der Waals surface area (Å²) in [6, 6.07) is 23.1. The lowest BCUT2D eigenvalue weighted by Gasteiger charge is -2.27. The molecule has 1 unspecified atom stereocenters. The van der Waals surface area contributed by atoms with Gasteiger partial charge in [0, 0.05) is 23.9 Å². The van der Waals surface area contributed by atoms with Crippen LogP contribution < -0.4 is 10.2 Å². The van der Waals surface area contributed by atoms with E-state index in [0.29, 0.717) is 32.5 Å². The molecular formula is C31H27N3O4S. The Hall–Kier alpha value is -4.56. The van der Waals surface area contributed by atoms with Crippen molar-refractivity contribution in [3.05, 3.63) is 112 Å². The summed E-state index contributed by atoms with van der Waals surface area (Å²) in [5.41, 5.74) is 4.14. The minimum atomic E-state index is -0.870. The summed E-state index contributed by atoms with van der Waals surface area (Å²) in [6.07, 6.45) is 0.835. The van der Waals surface area contributed by atoms with Crippen molar-refractivity contribution in [1.29, 1.82) is 0 Å². The van der Waals surface area contributed by atoms with Gasteiger partial charge in [-0.15, -0.1) is 11.3 Å². The van der Waals surface area contributed by atoms with E-state index in [2.05, 4.69) is 10.3 Å². The van der Waals surface area contributed by atoms with Crippen molar-refractivity contribution in [3.63, 3.8) is 0 Å². The minimum absolute atomic E-state index is 0.000500. The van der Waals surface area contributed by atoms with Gasteiger partial charge in [-0.2, -0.15) is 0 Å². The van der Waals surface area contributed by atoms with E-state index in [-0.39, 0.29) is 11.5 Å². The van der Waals surface area contributed by atoms with E-state index in [0.717, 1.165) is 17.5 Å². The molecular weight excluding hydrogens is 510 g/mol. The molecule has 0 radical (unpaired) electrons. The van der Waals surface area contributed by atoms with Crippen LogP contribution >= 0.6 is 11.3 Å². The van der Waals surface area contributed by atoms with Crippen LogP contribution in [0.1, 0.15) is 46.4 Å². The van der Waals surface area contributed by atoms with Crippen LogP contribution in [-0.2, 0) is 16.0 Å². The molecule has 1 aromatic heterocycles. The minimum Gasteiger partial charge on any atom is -0.503 e. The Morgan fingerprint density at radius 1 is 1.03 bits per heavy atom. The number of benzene rings is 3. The number of aliphatic hydroxyl groups is 1. The van der Waals surface area contributed by atoms with E-state index in [1.807, 2.05) is 61.5 Å². The maximum atomic E-state index is 14.1. The highest BCUT2D eigenvalue weighted by molar-refractivity contribution is 7.17. The summed E-state index contributed by atoms with van der Waals surface area (Å²) in [5.74, 6) is -1.97. The highest BCUT2D eigenvalue weighted by Gasteiger charge is 2.45. The molecule has 0 saturated carbocycles. The number of hydrogen-bond acceptors (Lipinski definition) is 6. The number of amides is 2. The summed E-state index contributed by atoms with van der Waals surface area (Å²) < 4.78 is 0. The van der Waals surface area contributed by atoms with Gasteiger partial charge in [0.05, 0.1) is 22.2 Å². The average Bonchev–Trinajstić information content (AvgIpc) is 3.45. The molecule has 2 N–H and O–H groups in total. The molecule has 0 spiro atoms. The third kappa shape index (κ3) is 4.98. The summed E-state index contributed by atoms with van der Waals surface area (Å²) in [5, 5.41) is 14.6. The molecule has 1 atom stereocenters. The van der Waals surface area contributed by atoms with Gasteiger partial charge in [-0.3, -0.25) is 19.3 Å². The summed E-state index contributed by atoms with van der Waals surface area (Å²) >= 11 is 1.24. The Labute approximate surface area is 230 Å². The first-order valence-corrected chi connectivity index (χ1v) is 13.4. The Bertz CT molecular complexity index is 1610. The number of Topliss-reactive ketones (excluding diaryl/α,β-unsaturated/α-hetero) is 1. The molecule has 7 nitrogen and oxygen atoms in total. The SMILES string of the molecule is CCc1ccc(C2C(C(=O)c3sc(-c4ccccc4)nc3C)=C(O)C(=O)N2c2cccc(NC(C)=O)c2)cc1. The monoisotopic (exact) mass is 537 g/mol. The smallest absolute Gasteiger partial charge is 0.294 e. The average molecular weight is 538 g/mol. The second-order valence-corrected chi connectivity index (χ2v) is 10.3. The van der Waals surface area contributed by atoms with E-state index in [1.54, 1.807) is 31.2 Å². The molecule has 1 aliphatic rings. The second-order valence-electron chi connectivity index (χ2n) is 9.30. The third-order valence-electron chi connectivity index (χ3n) is 6.62. The van der Waals surface area contributed by atoms with Crippen LogP contribution in [0.25, 0.3) is 10.6 Å². The Morgan fingerprint density at radius 3 is 2.41 bits per heavy atom. The van der Waals surface area contributed by atoms with Crippen molar-refractivity contribution in [2.24, 2.45) is 0 Å². The number of nitrogens with one attached hydrogen (secondary N) is 1. The summed E-state index contributed by atoms with van der Waals surface area (Å²) in [6.45, 7) is 5.20. The molecule has 0 aliphatic carbocycles. The van der Waals surface area contributed by atoms with Crippen LogP contribution in [0.4, 0.5) is 11.4 Å². The predicted octanol–water partition coefficient (Wildman–Crippen LogP) is 6.42. The van der Waals surface area contributed by atoms with E-state index in [1.165, 1.54) is 23.2 Å². The Balaban J connectivity index is 1.62. The van der Waals surface area contributed by atoms with Gasteiger partial charge >= 0.3 is 0 Å². The zero-order valence-electron chi connectivity index (χ0n) is 21.8. The molecule has 196 valence electrons. The lowest BCUT2D eigenvalue weighted by atomic mass is 9.94. The normalized spacial score (nSPS) is 15.1. The van der Waals surface area contributed by atoms with Crippen LogP contribution in [-0.4, -0.2) is 27.7 Å². The van der Waals surface area contributed by atoms with Crippen LogP contribution in [0, 0.1) is 6.92 Å². The zero-order valence-corrected chi connectivity index (χ0v) is 22.6. The van der Waals surface area contributed by atoms with Crippen molar-refractivity contribution >= 4 is 40.3 Å². The number of carbonyl (C=O) groups is 3. The van der Waals surface area contributed by atoms with Crippen LogP contribution in [0.3, 0.4) is 0 Å². The maximum absolute atomic E-state index is 14.1. The molecule has 3 aromatic carbocycles. The molecule has 0 fully saturated rings. The van der Waals surface area contributed by atoms with E-state index < -0.39 is 23.5 Å². The van der Waals surface area contributed by atoms with Gasteiger partial charge in [0.1, 0.15) is 5.01 Å². The molecule has 0 saturated heterocycles. The lowest BCUT2D eigenvalue weighted by Crippen LogP contribution is -2.31. The number of anilines is 2. The van der Waals surface area contributed by atoms with Gasteiger partial charge in [0.25, 0.3) is 5.91 Å². The molecule has 2 amide bonds. The molecule has 5 rings (SSSR count). The highest BCUT2D eigenvalue weighted by Crippen LogP contribution is 2.43. The van der Waals surface area contributed by atoms with Crippen molar-refractivity contribution in [2.45, 2.75) is 33.2 Å². The Kier molecular flexibility index (Phi) is 7.13. The zero-order chi connectivity index (χ0) is 27.7. The number of hydrogen-bond donors (Lipinski definition) is 2. The van der Waals surface area contributed by atoms with Gasteiger partial charge < -0.3 is 10.4 Å². The summed E-state index contributed by atoms with van der Waals surface area (Å²) in [4.78, 5) is 45.7. The first-order chi connectivity index (χ1) is 18.8. The molecule has 1 aliphatic heterocycles. The van der Waals surface area contributed by atoms with Crippen molar-refractivity contribution in [3.8, 4) is 10.6 Å². The number of thiazole rings is 1. The Morgan fingerprint density at radius 2 is 1.74 bits per heavy atom. The van der Waals surface area contributed by atoms with Gasteiger partial charge in [-0.1, -0.05) is 67.6 Å². The third-order valence-corrected chi connectivity index (χ3v) is 7.83. The van der Waals surface area contributed by atoms with Crippen molar-refractivity contribution in [2.75, 3.05) is 10.2 Å². The fraction of sp³-hybridized carbons (Fsp3) is 0.161. The summed E-state index contributed by atoms with van der Waals surface area (Å²) in [7, 11) is 0. The largest absolute Gasteiger partial charge is 0.503 e. The number of aromatic nitrogens is 1.